The molecular weight excluding hydrogens is 213 g/mol. The number of nitro groups is 1. The maximum atomic E-state index is 10.0. The van der Waals surface area contributed by atoms with Crippen LogP contribution < -0.4 is 0 Å². The highest BCUT2D eigenvalue weighted by Crippen LogP contribution is 2.26. The van der Waals surface area contributed by atoms with Gasteiger partial charge in [-0.15, -0.1) is 0 Å². The Bertz CT molecular complexity index is 363. The van der Waals surface area contributed by atoms with Crippen LogP contribution >= 0.6 is 23.2 Å². The number of rotatable bonds is 2. The van der Waals surface area contributed by atoms with Crippen molar-refractivity contribution in [3.8, 4) is 0 Å². The maximum Gasteiger partial charge on any atom is 0.235 e. The summed E-state index contributed by atoms with van der Waals surface area (Å²) >= 11 is 11.5. The second-order valence-electron chi connectivity index (χ2n) is 2.24. The minimum absolute atomic E-state index is 0.322. The van der Waals surface area contributed by atoms with Crippen molar-refractivity contribution in [2.45, 2.75) is 0 Å². The zero-order valence-electron chi connectivity index (χ0n) is 6.41. The van der Waals surface area contributed by atoms with Crippen LogP contribution in [-0.2, 0) is 0 Å². The Hall–Kier alpha value is -1.06. The van der Waals surface area contributed by atoms with Gasteiger partial charge < -0.3 is 0 Å². The van der Waals surface area contributed by atoms with Gasteiger partial charge >= 0.3 is 0 Å². The highest BCUT2D eigenvalue weighted by Gasteiger charge is 2.01. The minimum atomic E-state index is -0.558. The molecule has 0 aromatic heterocycles. The van der Waals surface area contributed by atoms with E-state index in [1.165, 1.54) is 6.08 Å². The first-order chi connectivity index (χ1) is 6.11. The van der Waals surface area contributed by atoms with Gasteiger partial charge in [-0.1, -0.05) is 35.3 Å². The second-order valence-corrected chi connectivity index (χ2v) is 3.03. The third kappa shape index (κ3) is 2.72. The molecule has 0 saturated heterocycles. The summed E-state index contributed by atoms with van der Waals surface area (Å²) < 4.78 is 0. The number of benzene rings is 1. The first-order valence-corrected chi connectivity index (χ1v) is 4.12. The molecular formula is C8H5Cl2NO2. The van der Waals surface area contributed by atoms with Crippen molar-refractivity contribution in [1.82, 2.24) is 0 Å². The number of halogens is 2. The van der Waals surface area contributed by atoms with Crippen molar-refractivity contribution in [2.75, 3.05) is 0 Å². The van der Waals surface area contributed by atoms with Gasteiger partial charge in [-0.2, -0.15) is 0 Å². The van der Waals surface area contributed by atoms with E-state index in [1.807, 2.05) is 0 Å². The van der Waals surface area contributed by atoms with Crippen LogP contribution in [0.1, 0.15) is 5.56 Å². The molecule has 0 N–H and O–H groups in total. The average molecular weight is 218 g/mol. The van der Waals surface area contributed by atoms with Crippen LogP contribution in [0.4, 0.5) is 0 Å². The third-order valence-electron chi connectivity index (χ3n) is 1.36. The van der Waals surface area contributed by atoms with Crippen LogP contribution in [0.25, 0.3) is 6.08 Å². The molecule has 0 aliphatic carbocycles. The van der Waals surface area contributed by atoms with Gasteiger partial charge in [0.15, 0.2) is 0 Å². The van der Waals surface area contributed by atoms with E-state index < -0.39 is 4.92 Å². The van der Waals surface area contributed by atoms with E-state index in [0.717, 1.165) is 6.20 Å². The molecule has 0 amide bonds. The predicted octanol–water partition coefficient (Wildman–Crippen LogP) is 3.24. The van der Waals surface area contributed by atoms with E-state index in [1.54, 1.807) is 18.2 Å². The van der Waals surface area contributed by atoms with Crippen molar-refractivity contribution in [2.24, 2.45) is 0 Å². The Morgan fingerprint density at radius 2 is 2.08 bits per heavy atom. The van der Waals surface area contributed by atoms with E-state index in [-0.39, 0.29) is 0 Å². The third-order valence-corrected chi connectivity index (χ3v) is 2.19. The number of hydrogen-bond donors (Lipinski definition) is 0. The highest BCUT2D eigenvalue weighted by molar-refractivity contribution is 6.42. The molecule has 0 spiro atoms. The van der Waals surface area contributed by atoms with E-state index in [0.29, 0.717) is 15.6 Å². The maximum absolute atomic E-state index is 10.0. The number of nitrogens with zero attached hydrogens (tertiary/aromatic N) is 1. The Morgan fingerprint density at radius 1 is 1.38 bits per heavy atom. The summed E-state index contributed by atoms with van der Waals surface area (Å²) in [6.45, 7) is 0. The first-order valence-electron chi connectivity index (χ1n) is 3.37. The molecule has 0 atom stereocenters. The topological polar surface area (TPSA) is 43.1 Å². The normalized spacial score (nSPS) is 10.6. The van der Waals surface area contributed by atoms with Crippen molar-refractivity contribution in [1.29, 1.82) is 0 Å². The standard InChI is InChI=1S/C8H5Cl2NO2/c9-7-3-1-2-6(8(7)10)4-5-11(12)13/h1-5H/b5-4+. The summed E-state index contributed by atoms with van der Waals surface area (Å²) in [4.78, 5) is 9.45. The lowest BCUT2D eigenvalue weighted by molar-refractivity contribution is -0.400. The molecule has 0 fully saturated rings. The first kappa shape index (κ1) is 10.0. The fourth-order valence-corrected chi connectivity index (χ4v) is 1.16. The molecule has 0 bridgehead atoms. The van der Waals surface area contributed by atoms with E-state index in [9.17, 15) is 10.1 Å². The average Bonchev–Trinajstić information content (AvgIpc) is 2.07. The highest BCUT2D eigenvalue weighted by atomic mass is 35.5. The zero-order chi connectivity index (χ0) is 9.84. The van der Waals surface area contributed by atoms with Gasteiger partial charge in [-0.3, -0.25) is 10.1 Å². The molecule has 1 aromatic carbocycles. The summed E-state index contributed by atoms with van der Waals surface area (Å²) in [7, 11) is 0. The van der Waals surface area contributed by atoms with Crippen LogP contribution in [-0.4, -0.2) is 4.92 Å². The smallest absolute Gasteiger partial charge is 0.235 e. The SMILES string of the molecule is O=[N+]([O-])/C=C/c1cccc(Cl)c1Cl. The van der Waals surface area contributed by atoms with Crippen molar-refractivity contribution < 1.29 is 4.92 Å². The molecule has 0 aliphatic heterocycles. The lowest BCUT2D eigenvalue weighted by Crippen LogP contribution is -1.83. The van der Waals surface area contributed by atoms with Crippen molar-refractivity contribution in [3.63, 3.8) is 0 Å². The monoisotopic (exact) mass is 217 g/mol. The lowest BCUT2D eigenvalue weighted by atomic mass is 10.2. The van der Waals surface area contributed by atoms with Gasteiger partial charge in [-0.05, 0) is 6.07 Å². The van der Waals surface area contributed by atoms with Gasteiger partial charge in [0.05, 0.1) is 15.0 Å². The fraction of sp³-hybridized carbons (Fsp3) is 0. The lowest BCUT2D eigenvalue weighted by Gasteiger charge is -1.97. The summed E-state index contributed by atoms with van der Waals surface area (Å²) in [6.07, 6.45) is 2.12. The molecule has 68 valence electrons. The van der Waals surface area contributed by atoms with Gasteiger partial charge in [0, 0.05) is 11.6 Å². The van der Waals surface area contributed by atoms with Gasteiger partial charge in [0.1, 0.15) is 0 Å². The van der Waals surface area contributed by atoms with Gasteiger partial charge in [0.25, 0.3) is 0 Å². The van der Waals surface area contributed by atoms with E-state index in [2.05, 4.69) is 0 Å². The molecule has 5 heteroatoms. The molecule has 1 aromatic rings. The zero-order valence-corrected chi connectivity index (χ0v) is 7.92. The summed E-state index contributed by atoms with van der Waals surface area (Å²) in [6, 6.07) is 4.94. The molecule has 13 heavy (non-hydrogen) atoms. The molecule has 0 unspecified atom stereocenters. The predicted molar refractivity (Wildman–Crippen MR) is 52.5 cm³/mol. The number of hydrogen-bond acceptors (Lipinski definition) is 2. The van der Waals surface area contributed by atoms with E-state index in [4.69, 9.17) is 23.2 Å². The fourth-order valence-electron chi connectivity index (χ4n) is 0.790. The molecule has 0 saturated carbocycles. The van der Waals surface area contributed by atoms with Crippen LogP contribution in [0, 0.1) is 10.1 Å². The van der Waals surface area contributed by atoms with Crippen molar-refractivity contribution in [3.05, 3.63) is 50.1 Å². The Balaban J connectivity index is 3.02. The molecule has 0 aliphatic rings. The quantitative estimate of drug-likeness (QED) is 0.564. The molecule has 0 heterocycles. The molecule has 0 radical (unpaired) electrons. The van der Waals surface area contributed by atoms with Gasteiger partial charge in [0.2, 0.25) is 6.20 Å². The Morgan fingerprint density at radius 3 is 2.69 bits per heavy atom. The van der Waals surface area contributed by atoms with Crippen molar-refractivity contribution >= 4 is 29.3 Å². The van der Waals surface area contributed by atoms with Gasteiger partial charge in [-0.25, -0.2) is 0 Å². The summed E-state index contributed by atoms with van der Waals surface area (Å²) in [5, 5.41) is 10.7. The van der Waals surface area contributed by atoms with E-state index >= 15 is 0 Å². The Kier molecular flexibility index (Phi) is 3.28. The largest absolute Gasteiger partial charge is 0.259 e. The van der Waals surface area contributed by atoms with Crippen LogP contribution in [0.2, 0.25) is 10.0 Å². The van der Waals surface area contributed by atoms with Crippen LogP contribution in [0.3, 0.4) is 0 Å². The minimum Gasteiger partial charge on any atom is -0.259 e. The Labute approximate surface area is 84.7 Å². The summed E-state index contributed by atoms with van der Waals surface area (Å²) in [5.41, 5.74) is 0.533. The summed E-state index contributed by atoms with van der Waals surface area (Å²) in [5.74, 6) is 0. The van der Waals surface area contributed by atoms with Crippen LogP contribution in [0.5, 0.6) is 0 Å². The van der Waals surface area contributed by atoms with Crippen LogP contribution in [0.15, 0.2) is 24.4 Å². The molecule has 1 rings (SSSR count). The molecule has 3 nitrogen and oxygen atoms in total. The second kappa shape index (κ2) is 4.25.